The Labute approximate surface area is 182 Å². The average molecular weight is 415 g/mol. The SMILES string of the molecule is CCN(CC)c1nc(NCc2ccccc2)nc(Nc2ccc(-n3ccnc3)cc2)n1. The van der Waals surface area contributed by atoms with Crippen LogP contribution < -0.4 is 15.5 Å². The fourth-order valence-electron chi connectivity index (χ4n) is 3.18. The predicted molar refractivity (Wildman–Crippen MR) is 124 cm³/mol. The molecule has 2 N–H and O–H groups in total. The van der Waals surface area contributed by atoms with Crippen molar-refractivity contribution in [1.82, 2.24) is 24.5 Å². The minimum atomic E-state index is 0.503. The zero-order chi connectivity index (χ0) is 21.5. The van der Waals surface area contributed by atoms with Gasteiger partial charge in [0.2, 0.25) is 17.8 Å². The molecule has 0 radical (unpaired) electrons. The van der Waals surface area contributed by atoms with Crippen LogP contribution in [0.1, 0.15) is 19.4 Å². The first-order valence-corrected chi connectivity index (χ1v) is 10.4. The minimum absolute atomic E-state index is 0.503. The van der Waals surface area contributed by atoms with E-state index in [-0.39, 0.29) is 0 Å². The Kier molecular flexibility index (Phi) is 6.37. The molecular weight excluding hydrogens is 388 g/mol. The molecule has 31 heavy (non-hydrogen) atoms. The van der Waals surface area contributed by atoms with Gasteiger partial charge in [-0.25, -0.2) is 4.98 Å². The Morgan fingerprint density at radius 3 is 2.29 bits per heavy atom. The number of nitrogens with zero attached hydrogens (tertiary/aromatic N) is 6. The van der Waals surface area contributed by atoms with E-state index in [1.165, 1.54) is 0 Å². The maximum absolute atomic E-state index is 4.64. The molecule has 0 fully saturated rings. The van der Waals surface area contributed by atoms with Crippen LogP contribution in [0.3, 0.4) is 0 Å². The van der Waals surface area contributed by atoms with Crippen LogP contribution in [0.2, 0.25) is 0 Å². The number of imidazole rings is 1. The lowest BCUT2D eigenvalue weighted by Crippen LogP contribution is -2.25. The first-order valence-electron chi connectivity index (χ1n) is 10.4. The van der Waals surface area contributed by atoms with Gasteiger partial charge >= 0.3 is 0 Å². The van der Waals surface area contributed by atoms with Crippen molar-refractivity contribution >= 4 is 23.5 Å². The second-order valence-electron chi connectivity index (χ2n) is 6.94. The molecule has 0 bridgehead atoms. The lowest BCUT2D eigenvalue weighted by atomic mass is 10.2. The van der Waals surface area contributed by atoms with Crippen molar-refractivity contribution in [2.24, 2.45) is 0 Å². The summed E-state index contributed by atoms with van der Waals surface area (Å²) in [5, 5.41) is 6.62. The van der Waals surface area contributed by atoms with Crippen LogP contribution in [0.5, 0.6) is 0 Å². The molecule has 2 aromatic carbocycles. The highest BCUT2D eigenvalue weighted by Crippen LogP contribution is 2.20. The molecule has 2 aromatic heterocycles. The zero-order valence-electron chi connectivity index (χ0n) is 17.7. The summed E-state index contributed by atoms with van der Waals surface area (Å²) in [5.41, 5.74) is 3.10. The molecule has 0 saturated heterocycles. The number of benzene rings is 2. The number of aromatic nitrogens is 5. The number of rotatable bonds is 9. The van der Waals surface area contributed by atoms with Gasteiger partial charge in [0.05, 0.1) is 6.33 Å². The van der Waals surface area contributed by atoms with E-state index in [9.17, 15) is 0 Å². The van der Waals surface area contributed by atoms with Gasteiger partial charge in [-0.15, -0.1) is 0 Å². The highest BCUT2D eigenvalue weighted by molar-refractivity contribution is 5.57. The lowest BCUT2D eigenvalue weighted by molar-refractivity contribution is 0.813. The summed E-state index contributed by atoms with van der Waals surface area (Å²) in [4.78, 5) is 20.0. The normalized spacial score (nSPS) is 10.6. The number of hydrogen-bond donors (Lipinski definition) is 2. The van der Waals surface area contributed by atoms with E-state index in [0.29, 0.717) is 24.4 Å². The third kappa shape index (κ3) is 5.16. The Morgan fingerprint density at radius 2 is 1.61 bits per heavy atom. The van der Waals surface area contributed by atoms with Crippen molar-refractivity contribution in [1.29, 1.82) is 0 Å². The van der Waals surface area contributed by atoms with Gasteiger partial charge in [-0.1, -0.05) is 30.3 Å². The monoisotopic (exact) mass is 414 g/mol. The van der Waals surface area contributed by atoms with Crippen molar-refractivity contribution in [3.8, 4) is 5.69 Å². The van der Waals surface area contributed by atoms with E-state index in [2.05, 4.69) is 61.4 Å². The number of hydrogen-bond acceptors (Lipinski definition) is 7. The van der Waals surface area contributed by atoms with Crippen LogP contribution in [0, 0.1) is 0 Å². The summed E-state index contributed by atoms with van der Waals surface area (Å²) < 4.78 is 1.96. The third-order valence-corrected chi connectivity index (χ3v) is 4.89. The minimum Gasteiger partial charge on any atom is -0.350 e. The summed E-state index contributed by atoms with van der Waals surface area (Å²) in [5.74, 6) is 1.69. The summed E-state index contributed by atoms with van der Waals surface area (Å²) in [7, 11) is 0. The van der Waals surface area contributed by atoms with Crippen molar-refractivity contribution in [2.45, 2.75) is 20.4 Å². The largest absolute Gasteiger partial charge is 0.350 e. The van der Waals surface area contributed by atoms with Crippen molar-refractivity contribution < 1.29 is 0 Å². The van der Waals surface area contributed by atoms with Gasteiger partial charge in [0.25, 0.3) is 0 Å². The van der Waals surface area contributed by atoms with E-state index < -0.39 is 0 Å². The van der Waals surface area contributed by atoms with Gasteiger partial charge in [-0.3, -0.25) is 0 Å². The van der Waals surface area contributed by atoms with Gasteiger partial charge in [-0.2, -0.15) is 15.0 Å². The zero-order valence-corrected chi connectivity index (χ0v) is 17.7. The molecule has 0 unspecified atom stereocenters. The molecule has 8 heteroatoms. The fraction of sp³-hybridized carbons (Fsp3) is 0.217. The summed E-state index contributed by atoms with van der Waals surface area (Å²) in [6.07, 6.45) is 5.45. The van der Waals surface area contributed by atoms with E-state index >= 15 is 0 Å². The average Bonchev–Trinajstić information content (AvgIpc) is 3.35. The van der Waals surface area contributed by atoms with E-state index in [0.717, 1.165) is 30.0 Å². The van der Waals surface area contributed by atoms with E-state index in [4.69, 9.17) is 0 Å². The number of nitrogens with one attached hydrogen (secondary N) is 2. The van der Waals surface area contributed by atoms with Gasteiger partial charge in [0, 0.05) is 43.4 Å². The smallest absolute Gasteiger partial charge is 0.233 e. The lowest BCUT2D eigenvalue weighted by Gasteiger charge is -2.20. The molecule has 8 nitrogen and oxygen atoms in total. The van der Waals surface area contributed by atoms with E-state index in [1.54, 1.807) is 12.5 Å². The molecule has 4 rings (SSSR count). The maximum atomic E-state index is 4.64. The topological polar surface area (TPSA) is 83.8 Å². The Balaban J connectivity index is 1.55. The Bertz CT molecular complexity index is 1070. The third-order valence-electron chi connectivity index (χ3n) is 4.89. The van der Waals surface area contributed by atoms with Crippen LogP contribution in [0.15, 0.2) is 73.3 Å². The second-order valence-corrected chi connectivity index (χ2v) is 6.94. The first kappa shape index (κ1) is 20.3. The second kappa shape index (κ2) is 9.71. The van der Waals surface area contributed by atoms with Gasteiger partial charge in [-0.05, 0) is 43.7 Å². The molecule has 0 aliphatic heterocycles. The van der Waals surface area contributed by atoms with Crippen molar-refractivity contribution in [3.63, 3.8) is 0 Å². The summed E-state index contributed by atoms with van der Waals surface area (Å²) in [6, 6.07) is 18.2. The molecule has 0 spiro atoms. The van der Waals surface area contributed by atoms with Crippen LogP contribution >= 0.6 is 0 Å². The summed E-state index contributed by atoms with van der Waals surface area (Å²) >= 11 is 0. The number of anilines is 4. The maximum Gasteiger partial charge on any atom is 0.233 e. The Hall–Kier alpha value is -3.94. The van der Waals surface area contributed by atoms with Gasteiger partial charge in [0.15, 0.2) is 0 Å². The van der Waals surface area contributed by atoms with Crippen LogP contribution in [-0.2, 0) is 6.54 Å². The predicted octanol–water partition coefficient (Wildman–Crippen LogP) is 4.26. The summed E-state index contributed by atoms with van der Waals surface area (Å²) in [6.45, 7) is 6.45. The van der Waals surface area contributed by atoms with Crippen molar-refractivity contribution in [3.05, 3.63) is 78.9 Å². The van der Waals surface area contributed by atoms with Gasteiger partial charge < -0.3 is 20.1 Å². The van der Waals surface area contributed by atoms with Gasteiger partial charge in [0.1, 0.15) is 0 Å². The van der Waals surface area contributed by atoms with Crippen molar-refractivity contribution in [2.75, 3.05) is 28.6 Å². The molecule has 0 atom stereocenters. The molecular formula is C23H26N8. The first-order chi connectivity index (χ1) is 15.2. The highest BCUT2D eigenvalue weighted by Gasteiger charge is 2.12. The Morgan fingerprint density at radius 1 is 0.871 bits per heavy atom. The van der Waals surface area contributed by atoms with Crippen LogP contribution in [0.4, 0.5) is 23.5 Å². The quantitative estimate of drug-likeness (QED) is 0.423. The molecule has 158 valence electrons. The van der Waals surface area contributed by atoms with E-state index in [1.807, 2.05) is 53.2 Å². The molecule has 0 saturated carbocycles. The molecule has 0 amide bonds. The molecule has 2 heterocycles. The molecule has 4 aromatic rings. The molecule has 0 aliphatic rings. The standard InChI is InChI=1S/C23H26N8/c1-3-30(4-2)23-28-21(25-16-18-8-6-5-7-9-18)27-22(29-23)26-19-10-12-20(13-11-19)31-15-14-24-17-31/h5-15,17H,3-4,16H2,1-2H3,(H2,25,26,27,28,29). The fourth-order valence-corrected chi connectivity index (χ4v) is 3.18. The van der Waals surface area contributed by atoms with Crippen LogP contribution in [-0.4, -0.2) is 37.6 Å². The highest BCUT2D eigenvalue weighted by atomic mass is 15.3. The van der Waals surface area contributed by atoms with Crippen LogP contribution in [0.25, 0.3) is 5.69 Å². The molecule has 0 aliphatic carbocycles.